The second-order valence-electron chi connectivity index (χ2n) is 6.16. The van der Waals surface area contributed by atoms with Crippen molar-refractivity contribution in [2.75, 3.05) is 14.1 Å². The van der Waals surface area contributed by atoms with Crippen molar-refractivity contribution in [2.45, 2.75) is 0 Å². The molecule has 0 bridgehead atoms. The zero-order valence-corrected chi connectivity index (χ0v) is 14.5. The van der Waals surface area contributed by atoms with Crippen molar-refractivity contribution in [1.29, 1.82) is 0 Å². The molecule has 134 valence electrons. The fourth-order valence-corrected chi connectivity index (χ4v) is 2.77. The first-order valence-electron chi connectivity index (χ1n) is 7.85. The van der Waals surface area contributed by atoms with E-state index in [9.17, 15) is 18.4 Å². The molecule has 1 N–H and O–H groups in total. The number of carbonyl (C=O) groups excluding carboxylic acids is 1. The molecule has 0 fully saturated rings. The van der Waals surface area contributed by atoms with E-state index < -0.39 is 17.4 Å². The minimum Gasteiger partial charge on any atom is -0.383 e. The lowest BCUT2D eigenvalue weighted by atomic mass is 9.96. The maximum absolute atomic E-state index is 14.3. The molecule has 0 unspecified atom stereocenters. The molecule has 1 aromatic carbocycles. The first-order chi connectivity index (χ1) is 12.3. The predicted octanol–water partition coefficient (Wildman–Crippen LogP) is 2.93. The molecule has 0 atom stereocenters. The van der Waals surface area contributed by atoms with E-state index in [1.165, 1.54) is 29.1 Å². The van der Waals surface area contributed by atoms with Gasteiger partial charge in [0.05, 0.1) is 0 Å². The Morgan fingerprint density at radius 2 is 1.92 bits per heavy atom. The highest BCUT2D eigenvalue weighted by molar-refractivity contribution is 6.32. The summed E-state index contributed by atoms with van der Waals surface area (Å²) in [7, 11) is 4.95. The number of hydrogen-bond donors (Lipinski definition) is 1. The molecule has 0 aliphatic rings. The van der Waals surface area contributed by atoms with Crippen LogP contribution in [0.3, 0.4) is 0 Å². The number of hydrogen-bond acceptors (Lipinski definition) is 3. The van der Waals surface area contributed by atoms with Crippen LogP contribution in [0.5, 0.6) is 0 Å². The van der Waals surface area contributed by atoms with Gasteiger partial charge in [0.2, 0.25) is 0 Å². The molecule has 7 heteroatoms. The van der Waals surface area contributed by atoms with Crippen molar-refractivity contribution < 1.29 is 13.6 Å². The smallest absolute Gasteiger partial charge is 0.274 e. The third-order valence-corrected chi connectivity index (χ3v) is 4.04. The summed E-state index contributed by atoms with van der Waals surface area (Å²) in [4.78, 5) is 29.6. The van der Waals surface area contributed by atoms with Gasteiger partial charge in [-0.15, -0.1) is 0 Å². The molecule has 0 spiro atoms. The molecule has 3 rings (SSSR count). The average molecular weight is 357 g/mol. The van der Waals surface area contributed by atoms with Crippen molar-refractivity contribution in [1.82, 2.24) is 14.5 Å². The number of nitrogens with one attached hydrogen (secondary N) is 1. The molecule has 0 amide bonds. The molecule has 3 aromatic rings. The van der Waals surface area contributed by atoms with Gasteiger partial charge in [-0.25, -0.2) is 8.78 Å². The van der Waals surface area contributed by atoms with Crippen molar-refractivity contribution >= 4 is 22.3 Å². The fourth-order valence-electron chi connectivity index (χ4n) is 2.77. The molecule has 0 radical (unpaired) electrons. The lowest BCUT2D eigenvalue weighted by Crippen LogP contribution is -2.16. The van der Waals surface area contributed by atoms with E-state index >= 15 is 0 Å². The van der Waals surface area contributed by atoms with Crippen LogP contribution in [-0.2, 0) is 7.05 Å². The summed E-state index contributed by atoms with van der Waals surface area (Å²) >= 11 is 0. The number of halogens is 2. The SMILES string of the molecule is CN(C)/C=C(\C(=O)c1c[nH]c2c(=O)n(C)ccc12)c1cccc(F)c1F. The minimum absolute atomic E-state index is 0.00595. The number of pyridine rings is 1. The van der Waals surface area contributed by atoms with E-state index in [0.717, 1.165) is 6.07 Å². The second kappa shape index (κ2) is 6.59. The van der Waals surface area contributed by atoms with E-state index in [-0.39, 0.29) is 27.8 Å². The standard InChI is InChI=1S/C19H17F2N3O2/c1-23(2)10-14(11-5-4-6-15(20)16(11)21)18(25)13-9-22-17-12(13)7-8-24(3)19(17)26/h4-10,22H,1-3H3/b14-10-. The summed E-state index contributed by atoms with van der Waals surface area (Å²) in [6.07, 6.45) is 4.39. The van der Waals surface area contributed by atoms with Crippen molar-refractivity contribution in [3.8, 4) is 0 Å². The highest BCUT2D eigenvalue weighted by atomic mass is 19.2. The van der Waals surface area contributed by atoms with Crippen LogP contribution in [0, 0.1) is 11.6 Å². The molecule has 0 saturated carbocycles. The normalized spacial score (nSPS) is 11.8. The molecule has 0 saturated heterocycles. The van der Waals surface area contributed by atoms with Crippen molar-refractivity contribution in [2.24, 2.45) is 7.05 Å². The summed E-state index contributed by atoms with van der Waals surface area (Å²) in [5, 5.41) is 0.430. The van der Waals surface area contributed by atoms with Gasteiger partial charge in [-0.05, 0) is 12.1 Å². The van der Waals surface area contributed by atoms with Gasteiger partial charge < -0.3 is 14.5 Å². The van der Waals surface area contributed by atoms with Gasteiger partial charge in [-0.3, -0.25) is 9.59 Å². The molecular formula is C19H17F2N3O2. The molecule has 0 aliphatic heterocycles. The van der Waals surface area contributed by atoms with Gasteiger partial charge in [0.1, 0.15) is 5.52 Å². The fraction of sp³-hybridized carbons (Fsp3) is 0.158. The van der Waals surface area contributed by atoms with Crippen LogP contribution in [0.2, 0.25) is 0 Å². The summed E-state index contributed by atoms with van der Waals surface area (Å²) in [5.74, 6) is -2.64. The Bertz CT molecular complexity index is 1090. The lowest BCUT2D eigenvalue weighted by molar-refractivity contribution is 0.105. The summed E-state index contributed by atoms with van der Waals surface area (Å²) in [6.45, 7) is 0. The van der Waals surface area contributed by atoms with Crippen LogP contribution in [0.25, 0.3) is 16.5 Å². The van der Waals surface area contributed by atoms with Crippen LogP contribution in [-0.4, -0.2) is 34.3 Å². The summed E-state index contributed by atoms with van der Waals surface area (Å²) in [5.41, 5.74) is 0.0730. The number of benzene rings is 1. The van der Waals surface area contributed by atoms with Gasteiger partial charge in [-0.2, -0.15) is 0 Å². The maximum Gasteiger partial charge on any atom is 0.274 e. The number of aryl methyl sites for hydroxylation is 1. The molecule has 0 aliphatic carbocycles. The number of carbonyl (C=O) groups is 1. The van der Waals surface area contributed by atoms with Crippen LogP contribution in [0.4, 0.5) is 8.78 Å². The van der Waals surface area contributed by atoms with E-state index in [1.807, 2.05) is 0 Å². The monoisotopic (exact) mass is 357 g/mol. The number of H-pyrrole nitrogens is 1. The Balaban J connectivity index is 2.21. The van der Waals surface area contributed by atoms with Gasteiger partial charge in [-0.1, -0.05) is 12.1 Å². The number of Topliss-reactive ketones (excluding diaryl/α,β-unsaturated/α-hetero) is 1. The predicted molar refractivity (Wildman–Crippen MR) is 95.9 cm³/mol. The van der Waals surface area contributed by atoms with E-state index in [4.69, 9.17) is 0 Å². The quantitative estimate of drug-likeness (QED) is 0.577. The Kier molecular flexibility index (Phi) is 4.46. The van der Waals surface area contributed by atoms with E-state index in [0.29, 0.717) is 5.39 Å². The van der Waals surface area contributed by atoms with E-state index in [1.54, 1.807) is 38.3 Å². The van der Waals surface area contributed by atoms with Gasteiger partial charge >= 0.3 is 0 Å². The Labute approximate surface area is 148 Å². The topological polar surface area (TPSA) is 58.1 Å². The van der Waals surface area contributed by atoms with Gasteiger partial charge in [0, 0.05) is 61.8 Å². The third-order valence-electron chi connectivity index (χ3n) is 4.04. The zero-order chi connectivity index (χ0) is 19.0. The number of nitrogens with zero attached hydrogens (tertiary/aromatic N) is 2. The summed E-state index contributed by atoms with van der Waals surface area (Å²) in [6, 6.07) is 5.32. The Hall–Kier alpha value is -3.22. The molecule has 5 nitrogen and oxygen atoms in total. The zero-order valence-electron chi connectivity index (χ0n) is 14.5. The highest BCUT2D eigenvalue weighted by Crippen LogP contribution is 2.27. The second-order valence-corrected chi connectivity index (χ2v) is 6.16. The van der Waals surface area contributed by atoms with E-state index in [2.05, 4.69) is 4.98 Å². The summed E-state index contributed by atoms with van der Waals surface area (Å²) < 4.78 is 29.3. The number of allylic oxidation sites excluding steroid dienone is 1. The van der Waals surface area contributed by atoms with Crippen LogP contribution in [0.15, 0.2) is 47.7 Å². The molecule has 2 heterocycles. The molecular weight excluding hydrogens is 340 g/mol. The number of aromatic nitrogens is 2. The van der Waals surface area contributed by atoms with Crippen LogP contribution >= 0.6 is 0 Å². The minimum atomic E-state index is -1.09. The van der Waals surface area contributed by atoms with Crippen LogP contribution in [0.1, 0.15) is 15.9 Å². The largest absolute Gasteiger partial charge is 0.383 e. The number of rotatable bonds is 4. The van der Waals surface area contributed by atoms with Crippen molar-refractivity contribution in [3.63, 3.8) is 0 Å². The number of ketones is 1. The van der Waals surface area contributed by atoms with Gasteiger partial charge in [0.25, 0.3) is 5.56 Å². The van der Waals surface area contributed by atoms with Crippen molar-refractivity contribution in [3.05, 3.63) is 76.0 Å². The third kappa shape index (κ3) is 2.92. The lowest BCUT2D eigenvalue weighted by Gasteiger charge is -2.12. The van der Waals surface area contributed by atoms with Gasteiger partial charge in [0.15, 0.2) is 17.4 Å². The maximum atomic E-state index is 14.3. The highest BCUT2D eigenvalue weighted by Gasteiger charge is 2.23. The number of fused-ring (bicyclic) bond motifs is 1. The first-order valence-corrected chi connectivity index (χ1v) is 7.85. The Morgan fingerprint density at radius 3 is 2.62 bits per heavy atom. The Morgan fingerprint density at radius 1 is 1.19 bits per heavy atom. The first kappa shape index (κ1) is 17.6. The van der Waals surface area contributed by atoms with Crippen LogP contribution < -0.4 is 5.56 Å². The average Bonchev–Trinajstić information content (AvgIpc) is 3.03. The number of aromatic amines is 1. The molecule has 2 aromatic heterocycles. The molecule has 26 heavy (non-hydrogen) atoms.